The summed E-state index contributed by atoms with van der Waals surface area (Å²) >= 11 is 0. The third kappa shape index (κ3) is 3.34. The molecule has 1 aliphatic heterocycles. The average molecular weight is 245 g/mol. The molecule has 4 heteroatoms. The lowest BCUT2D eigenvalue weighted by molar-refractivity contribution is -0.116. The van der Waals surface area contributed by atoms with Gasteiger partial charge in [0.1, 0.15) is 0 Å². The van der Waals surface area contributed by atoms with Crippen LogP contribution in [0.1, 0.15) is 24.8 Å². The Morgan fingerprint density at radius 1 is 1.17 bits per heavy atom. The van der Waals surface area contributed by atoms with Crippen LogP contribution in [0.4, 0.5) is 5.69 Å². The maximum Gasteiger partial charge on any atom is 0.257 e. The molecule has 0 aliphatic carbocycles. The van der Waals surface area contributed by atoms with Gasteiger partial charge >= 0.3 is 0 Å². The Balaban J connectivity index is 2.00. The minimum Gasteiger partial charge on any atom is -0.372 e. The minimum atomic E-state index is -0.296. The fourth-order valence-corrected chi connectivity index (χ4v) is 2.17. The summed E-state index contributed by atoms with van der Waals surface area (Å²) in [6, 6.07) is 8.24. The van der Waals surface area contributed by atoms with Crippen molar-refractivity contribution in [1.82, 2.24) is 5.43 Å². The van der Waals surface area contributed by atoms with E-state index in [-0.39, 0.29) is 5.91 Å². The van der Waals surface area contributed by atoms with Crippen LogP contribution in [0.5, 0.6) is 0 Å². The quantitative estimate of drug-likeness (QED) is 0.369. The summed E-state index contributed by atoms with van der Waals surface area (Å²) in [4.78, 5) is 13.4. The maximum absolute atomic E-state index is 11.0. The van der Waals surface area contributed by atoms with Crippen LogP contribution in [-0.4, -0.2) is 19.0 Å². The van der Waals surface area contributed by atoms with Gasteiger partial charge in [0.05, 0.1) is 0 Å². The van der Waals surface area contributed by atoms with Crippen LogP contribution in [-0.2, 0) is 4.79 Å². The zero-order valence-corrected chi connectivity index (χ0v) is 10.4. The summed E-state index contributed by atoms with van der Waals surface area (Å²) in [7, 11) is 0. The second kappa shape index (κ2) is 6.21. The smallest absolute Gasteiger partial charge is 0.257 e. The van der Waals surface area contributed by atoms with E-state index in [1.54, 1.807) is 6.08 Å². The molecule has 0 saturated carbocycles. The summed E-state index contributed by atoms with van der Waals surface area (Å²) < 4.78 is 0. The third-order valence-corrected chi connectivity index (χ3v) is 3.18. The number of rotatable bonds is 3. The summed E-state index contributed by atoms with van der Waals surface area (Å²) in [5.74, 6) is 4.70. The van der Waals surface area contributed by atoms with Crippen LogP contribution in [0.25, 0.3) is 6.08 Å². The van der Waals surface area contributed by atoms with Crippen LogP contribution >= 0.6 is 0 Å². The second-order valence-corrected chi connectivity index (χ2v) is 4.48. The zero-order chi connectivity index (χ0) is 12.8. The van der Waals surface area contributed by atoms with E-state index in [4.69, 9.17) is 5.84 Å². The molecule has 2 rings (SSSR count). The molecule has 0 spiro atoms. The predicted octanol–water partition coefficient (Wildman–Crippen LogP) is 1.68. The fourth-order valence-electron chi connectivity index (χ4n) is 2.17. The van der Waals surface area contributed by atoms with Crippen molar-refractivity contribution in [2.45, 2.75) is 19.3 Å². The van der Waals surface area contributed by atoms with E-state index in [9.17, 15) is 4.79 Å². The normalized spacial score (nSPS) is 15.9. The monoisotopic (exact) mass is 245 g/mol. The molecule has 4 nitrogen and oxygen atoms in total. The Bertz CT molecular complexity index is 419. The topological polar surface area (TPSA) is 58.4 Å². The zero-order valence-electron chi connectivity index (χ0n) is 10.4. The molecule has 1 aromatic rings. The first-order valence-electron chi connectivity index (χ1n) is 6.33. The number of anilines is 1. The summed E-state index contributed by atoms with van der Waals surface area (Å²) in [5, 5.41) is 0. The summed E-state index contributed by atoms with van der Waals surface area (Å²) in [5.41, 5.74) is 4.32. The van der Waals surface area contributed by atoms with E-state index in [1.807, 2.05) is 12.1 Å². The highest BCUT2D eigenvalue weighted by molar-refractivity contribution is 5.91. The minimum absolute atomic E-state index is 0.296. The van der Waals surface area contributed by atoms with Crippen LogP contribution in [0, 0.1) is 0 Å². The molecule has 18 heavy (non-hydrogen) atoms. The van der Waals surface area contributed by atoms with Crippen molar-refractivity contribution in [3.05, 3.63) is 35.9 Å². The molecule has 0 unspecified atom stereocenters. The van der Waals surface area contributed by atoms with Crippen molar-refractivity contribution in [2.24, 2.45) is 5.84 Å². The molecule has 3 N–H and O–H groups in total. The lowest BCUT2D eigenvalue weighted by Crippen LogP contribution is -2.29. The number of hydrazine groups is 1. The van der Waals surface area contributed by atoms with Crippen LogP contribution in [0.2, 0.25) is 0 Å². The van der Waals surface area contributed by atoms with Crippen LogP contribution < -0.4 is 16.2 Å². The second-order valence-electron chi connectivity index (χ2n) is 4.48. The van der Waals surface area contributed by atoms with Gasteiger partial charge in [-0.1, -0.05) is 12.1 Å². The molecule has 96 valence electrons. The highest BCUT2D eigenvalue weighted by atomic mass is 16.2. The van der Waals surface area contributed by atoms with E-state index in [1.165, 1.54) is 31.0 Å². The summed E-state index contributed by atoms with van der Waals surface area (Å²) in [6.07, 6.45) is 7.07. The number of hydrogen-bond donors (Lipinski definition) is 2. The number of carbonyl (C=O) groups excluding carboxylic acids is 1. The van der Waals surface area contributed by atoms with Gasteiger partial charge in [0, 0.05) is 24.9 Å². The first kappa shape index (κ1) is 12.6. The molecule has 0 atom stereocenters. The first-order valence-corrected chi connectivity index (χ1v) is 6.33. The SMILES string of the molecule is NNC(=O)/C=C/c1ccc(N2CCCCC2)cc1. The van der Waals surface area contributed by atoms with Gasteiger partial charge in [0.25, 0.3) is 5.91 Å². The van der Waals surface area contributed by atoms with Crippen LogP contribution in [0.15, 0.2) is 30.3 Å². The number of hydrogen-bond acceptors (Lipinski definition) is 3. The van der Waals surface area contributed by atoms with E-state index in [0.717, 1.165) is 18.7 Å². The molecule has 1 saturated heterocycles. The van der Waals surface area contributed by atoms with E-state index in [2.05, 4.69) is 22.5 Å². The van der Waals surface area contributed by atoms with Crippen LogP contribution in [0.3, 0.4) is 0 Å². The van der Waals surface area contributed by atoms with Crippen molar-refractivity contribution in [2.75, 3.05) is 18.0 Å². The lowest BCUT2D eigenvalue weighted by Gasteiger charge is -2.28. The molecule has 0 bridgehead atoms. The van der Waals surface area contributed by atoms with Crippen molar-refractivity contribution in [1.29, 1.82) is 0 Å². The third-order valence-electron chi connectivity index (χ3n) is 3.18. The van der Waals surface area contributed by atoms with Crippen molar-refractivity contribution in [3.8, 4) is 0 Å². The number of nitrogens with two attached hydrogens (primary N) is 1. The lowest BCUT2D eigenvalue weighted by atomic mass is 10.1. The van der Waals surface area contributed by atoms with Gasteiger partial charge in [0.2, 0.25) is 0 Å². The van der Waals surface area contributed by atoms with E-state index < -0.39 is 0 Å². The molecule has 1 aromatic carbocycles. The standard InChI is InChI=1S/C14H19N3O/c15-16-14(18)9-6-12-4-7-13(8-5-12)17-10-2-1-3-11-17/h4-9H,1-3,10-11,15H2,(H,16,18)/b9-6+. The number of piperidine rings is 1. The van der Waals surface area contributed by atoms with Crippen molar-refractivity contribution < 1.29 is 4.79 Å². The molecule has 1 amide bonds. The molecule has 0 aromatic heterocycles. The van der Waals surface area contributed by atoms with E-state index in [0.29, 0.717) is 0 Å². The molecule has 1 fully saturated rings. The first-order chi connectivity index (χ1) is 8.79. The number of nitrogens with zero attached hydrogens (tertiary/aromatic N) is 1. The maximum atomic E-state index is 11.0. The molecule has 1 aliphatic rings. The Labute approximate surface area is 107 Å². The van der Waals surface area contributed by atoms with Gasteiger partial charge in [-0.25, -0.2) is 5.84 Å². The predicted molar refractivity (Wildman–Crippen MR) is 73.9 cm³/mol. The van der Waals surface area contributed by atoms with Gasteiger partial charge in [-0.15, -0.1) is 0 Å². The van der Waals surface area contributed by atoms with Gasteiger partial charge in [-0.3, -0.25) is 10.2 Å². The number of benzene rings is 1. The average Bonchev–Trinajstić information content (AvgIpc) is 2.46. The highest BCUT2D eigenvalue weighted by Gasteiger charge is 2.09. The molecule has 1 heterocycles. The number of carbonyl (C=O) groups is 1. The van der Waals surface area contributed by atoms with Crippen molar-refractivity contribution >= 4 is 17.7 Å². The largest absolute Gasteiger partial charge is 0.372 e. The van der Waals surface area contributed by atoms with E-state index >= 15 is 0 Å². The Hall–Kier alpha value is -1.81. The summed E-state index contributed by atoms with van der Waals surface area (Å²) in [6.45, 7) is 2.29. The molecular formula is C14H19N3O. The highest BCUT2D eigenvalue weighted by Crippen LogP contribution is 2.20. The molecule has 0 radical (unpaired) electrons. The van der Waals surface area contributed by atoms with Gasteiger partial charge < -0.3 is 4.90 Å². The van der Waals surface area contributed by atoms with Gasteiger partial charge in [-0.2, -0.15) is 0 Å². The number of nitrogens with one attached hydrogen (secondary N) is 1. The van der Waals surface area contributed by atoms with Gasteiger partial charge in [-0.05, 0) is 43.0 Å². The molecular weight excluding hydrogens is 226 g/mol. The fraction of sp³-hybridized carbons (Fsp3) is 0.357. The Morgan fingerprint density at radius 2 is 1.83 bits per heavy atom. The van der Waals surface area contributed by atoms with Crippen molar-refractivity contribution in [3.63, 3.8) is 0 Å². The van der Waals surface area contributed by atoms with Gasteiger partial charge in [0.15, 0.2) is 0 Å². The Kier molecular flexibility index (Phi) is 4.36. The Morgan fingerprint density at radius 3 is 2.44 bits per heavy atom. The number of amides is 1.